The molecule has 0 aliphatic rings. The number of carbonyl (C=O) groups excluding carboxylic acids is 3. The molecule has 0 aliphatic heterocycles. The molecule has 1 aromatic carbocycles. The van der Waals surface area contributed by atoms with E-state index < -0.39 is 23.6 Å². The van der Waals surface area contributed by atoms with Gasteiger partial charge in [0.25, 0.3) is 5.91 Å². The SMILES string of the molecule is CC(C)(C)OC(=O)NCCCC(=O)OCC(=O)Nc1ccc(Br)cc1. The van der Waals surface area contributed by atoms with E-state index in [1.54, 1.807) is 45.0 Å². The highest BCUT2D eigenvalue weighted by Crippen LogP contribution is 2.13. The number of carbonyl (C=O) groups is 3. The first-order chi connectivity index (χ1) is 11.7. The number of nitrogens with one attached hydrogen (secondary N) is 2. The van der Waals surface area contributed by atoms with Crippen LogP contribution < -0.4 is 10.6 Å². The van der Waals surface area contributed by atoms with Crippen LogP contribution in [0, 0.1) is 0 Å². The zero-order chi connectivity index (χ0) is 18.9. The number of benzene rings is 1. The Bertz CT molecular complexity index is 596. The van der Waals surface area contributed by atoms with E-state index in [0.717, 1.165) is 4.47 Å². The van der Waals surface area contributed by atoms with Gasteiger partial charge < -0.3 is 20.1 Å². The highest BCUT2D eigenvalue weighted by atomic mass is 79.9. The van der Waals surface area contributed by atoms with Gasteiger partial charge in [0.1, 0.15) is 5.60 Å². The van der Waals surface area contributed by atoms with E-state index in [9.17, 15) is 14.4 Å². The molecular weight excluding hydrogens is 392 g/mol. The van der Waals surface area contributed by atoms with E-state index in [4.69, 9.17) is 9.47 Å². The molecule has 0 unspecified atom stereocenters. The van der Waals surface area contributed by atoms with Crippen LogP contribution in [0.25, 0.3) is 0 Å². The Morgan fingerprint density at radius 3 is 2.36 bits per heavy atom. The molecule has 138 valence electrons. The van der Waals surface area contributed by atoms with E-state index >= 15 is 0 Å². The highest BCUT2D eigenvalue weighted by Gasteiger charge is 2.15. The van der Waals surface area contributed by atoms with Gasteiger partial charge in [-0.25, -0.2) is 4.79 Å². The summed E-state index contributed by atoms with van der Waals surface area (Å²) in [6.45, 7) is 5.24. The first-order valence-corrected chi connectivity index (χ1v) is 8.63. The van der Waals surface area contributed by atoms with Gasteiger partial charge in [-0.1, -0.05) is 15.9 Å². The van der Waals surface area contributed by atoms with Crippen molar-refractivity contribution in [2.45, 2.75) is 39.2 Å². The molecule has 25 heavy (non-hydrogen) atoms. The number of hydrogen-bond donors (Lipinski definition) is 2. The first-order valence-electron chi connectivity index (χ1n) is 7.83. The van der Waals surface area contributed by atoms with E-state index in [1.807, 2.05) is 0 Å². The second-order valence-electron chi connectivity index (χ2n) is 6.25. The summed E-state index contributed by atoms with van der Waals surface area (Å²) in [5.41, 5.74) is 0.0522. The maximum atomic E-state index is 11.7. The summed E-state index contributed by atoms with van der Waals surface area (Å²) in [6.07, 6.45) is -0.0388. The fraction of sp³-hybridized carbons (Fsp3) is 0.471. The molecule has 1 rings (SSSR count). The van der Waals surface area contributed by atoms with Gasteiger partial charge in [-0.05, 0) is 51.5 Å². The number of esters is 1. The summed E-state index contributed by atoms with van der Waals surface area (Å²) in [6, 6.07) is 7.04. The molecule has 0 spiro atoms. The summed E-state index contributed by atoms with van der Waals surface area (Å²) >= 11 is 3.30. The average molecular weight is 415 g/mol. The predicted molar refractivity (Wildman–Crippen MR) is 97.2 cm³/mol. The lowest BCUT2D eigenvalue weighted by atomic mass is 10.2. The van der Waals surface area contributed by atoms with Crippen molar-refractivity contribution in [3.8, 4) is 0 Å². The topological polar surface area (TPSA) is 93.7 Å². The summed E-state index contributed by atoms with van der Waals surface area (Å²) in [5, 5.41) is 5.16. The number of ether oxygens (including phenoxy) is 2. The molecule has 0 aliphatic carbocycles. The highest BCUT2D eigenvalue weighted by molar-refractivity contribution is 9.10. The minimum atomic E-state index is -0.564. The molecule has 0 saturated heterocycles. The van der Waals surface area contributed by atoms with Crippen LogP contribution in [-0.4, -0.2) is 36.7 Å². The molecule has 0 fully saturated rings. The van der Waals surface area contributed by atoms with Crippen molar-refractivity contribution >= 4 is 39.6 Å². The number of amides is 2. The Hall–Kier alpha value is -2.09. The van der Waals surface area contributed by atoms with Crippen molar-refractivity contribution < 1.29 is 23.9 Å². The van der Waals surface area contributed by atoms with Gasteiger partial charge in [0.2, 0.25) is 0 Å². The molecule has 0 bridgehead atoms. The predicted octanol–water partition coefficient (Wildman–Crippen LogP) is 3.24. The van der Waals surface area contributed by atoms with Crippen molar-refractivity contribution in [3.63, 3.8) is 0 Å². The van der Waals surface area contributed by atoms with E-state index in [-0.39, 0.29) is 19.6 Å². The van der Waals surface area contributed by atoms with Crippen LogP contribution in [0.5, 0.6) is 0 Å². The van der Waals surface area contributed by atoms with Crippen LogP contribution in [0.3, 0.4) is 0 Å². The normalized spacial score (nSPS) is 10.7. The van der Waals surface area contributed by atoms with E-state index in [2.05, 4.69) is 26.6 Å². The quantitative estimate of drug-likeness (QED) is 0.527. The standard InChI is InChI=1S/C17H23BrN2O5/c1-17(2,3)25-16(23)19-10-4-5-15(22)24-11-14(21)20-13-8-6-12(18)7-9-13/h6-9H,4-5,10-11H2,1-3H3,(H,19,23)(H,20,21). The van der Waals surface area contributed by atoms with Gasteiger partial charge in [-0.15, -0.1) is 0 Å². The van der Waals surface area contributed by atoms with Gasteiger partial charge in [-0.3, -0.25) is 9.59 Å². The molecule has 0 aromatic heterocycles. The average Bonchev–Trinajstić information content (AvgIpc) is 2.50. The Morgan fingerprint density at radius 2 is 1.76 bits per heavy atom. The van der Waals surface area contributed by atoms with Crippen LogP contribution in [0.4, 0.5) is 10.5 Å². The van der Waals surface area contributed by atoms with Crippen LogP contribution >= 0.6 is 15.9 Å². The van der Waals surface area contributed by atoms with Crippen molar-refractivity contribution in [2.24, 2.45) is 0 Å². The fourth-order valence-corrected chi connectivity index (χ4v) is 1.95. The van der Waals surface area contributed by atoms with Gasteiger partial charge in [0.05, 0.1) is 0 Å². The zero-order valence-corrected chi connectivity index (χ0v) is 16.1. The van der Waals surface area contributed by atoms with Crippen molar-refractivity contribution in [1.29, 1.82) is 0 Å². The smallest absolute Gasteiger partial charge is 0.407 e. The third-order valence-electron chi connectivity index (χ3n) is 2.72. The van der Waals surface area contributed by atoms with Gasteiger partial charge in [0, 0.05) is 23.1 Å². The minimum absolute atomic E-state index is 0.0986. The van der Waals surface area contributed by atoms with Gasteiger partial charge >= 0.3 is 12.1 Å². The summed E-state index contributed by atoms with van der Waals surface area (Å²) in [7, 11) is 0. The van der Waals surface area contributed by atoms with Gasteiger partial charge in [-0.2, -0.15) is 0 Å². The lowest BCUT2D eigenvalue weighted by molar-refractivity contribution is -0.147. The largest absolute Gasteiger partial charge is 0.456 e. The maximum Gasteiger partial charge on any atom is 0.407 e. The molecule has 0 heterocycles. The Kier molecular flexibility index (Phi) is 8.40. The Morgan fingerprint density at radius 1 is 1.12 bits per heavy atom. The number of rotatable bonds is 7. The third kappa shape index (κ3) is 10.4. The molecule has 2 amide bonds. The lowest BCUT2D eigenvalue weighted by Gasteiger charge is -2.19. The fourth-order valence-electron chi connectivity index (χ4n) is 1.69. The number of alkyl carbamates (subject to hydrolysis) is 1. The van der Waals surface area contributed by atoms with Crippen LogP contribution in [-0.2, 0) is 19.1 Å². The summed E-state index contributed by atoms with van der Waals surface area (Å²) in [5.74, 6) is -0.917. The number of anilines is 1. The van der Waals surface area contributed by atoms with E-state index in [1.165, 1.54) is 0 Å². The van der Waals surface area contributed by atoms with E-state index in [0.29, 0.717) is 12.1 Å². The van der Waals surface area contributed by atoms with Crippen LogP contribution in [0.1, 0.15) is 33.6 Å². The number of hydrogen-bond acceptors (Lipinski definition) is 5. The van der Waals surface area contributed by atoms with Crippen molar-refractivity contribution in [1.82, 2.24) is 5.32 Å². The minimum Gasteiger partial charge on any atom is -0.456 e. The molecule has 7 nitrogen and oxygen atoms in total. The van der Waals surface area contributed by atoms with Crippen molar-refractivity contribution in [3.05, 3.63) is 28.7 Å². The Labute approximate surface area is 155 Å². The summed E-state index contributed by atoms with van der Waals surface area (Å²) < 4.78 is 10.8. The number of halogens is 1. The molecule has 8 heteroatoms. The first kappa shape index (κ1) is 21.0. The monoisotopic (exact) mass is 414 g/mol. The van der Waals surface area contributed by atoms with Crippen LogP contribution in [0.2, 0.25) is 0 Å². The second kappa shape index (κ2) is 10.0. The van der Waals surface area contributed by atoms with Crippen LogP contribution in [0.15, 0.2) is 28.7 Å². The summed E-state index contributed by atoms with van der Waals surface area (Å²) in [4.78, 5) is 34.7. The van der Waals surface area contributed by atoms with Crippen molar-refractivity contribution in [2.75, 3.05) is 18.5 Å². The molecular formula is C17H23BrN2O5. The molecule has 0 saturated carbocycles. The second-order valence-corrected chi connectivity index (χ2v) is 7.16. The van der Waals surface area contributed by atoms with Gasteiger partial charge in [0.15, 0.2) is 6.61 Å². The molecule has 1 aromatic rings. The molecule has 0 radical (unpaired) electrons. The third-order valence-corrected chi connectivity index (χ3v) is 3.25. The Balaban J connectivity index is 2.15. The zero-order valence-electron chi connectivity index (χ0n) is 14.6. The molecule has 2 N–H and O–H groups in total. The molecule has 0 atom stereocenters. The lowest BCUT2D eigenvalue weighted by Crippen LogP contribution is -2.33. The maximum absolute atomic E-state index is 11.7.